The highest BCUT2D eigenvalue weighted by Crippen LogP contribution is 2.23. The molecule has 0 aromatic heterocycles. The van der Waals surface area contributed by atoms with Gasteiger partial charge in [0, 0.05) is 49.3 Å². The van der Waals surface area contributed by atoms with Crippen molar-refractivity contribution < 1.29 is 52.7 Å². The number of carbonyl (C=O) groups is 11. The standard InChI is InChI=1S/C52H91N11O11/c1-21-22-23-34(12)27-38-46(68)56-50(72)57(14)28-40(64)58(15)36(24-29(2)3)45(67)54-41(32(8)9)48(70)59(16)37(25-30(4)5)44(66)53-35(13)43(65)55-51(73)61(18)39(26-31(6)7)47(69)63(20)52(74)62(19)42(33(10)11)49(71)60(38)17/h21-22,29-39,41-42H,23-28H2,1-20H3,(H,53,66)(H,54,67)(H,55,65,73)(H,56,68,72)/b22-21+/t34-,35-,36+,37-,38?,39-,41?,42?/m1/s1. The number of urea groups is 3. The summed E-state index contributed by atoms with van der Waals surface area (Å²) in [5, 5.41) is 9.99. The molecule has 8 atom stereocenters. The minimum absolute atomic E-state index is 0.0499. The monoisotopic (exact) mass is 1050 g/mol. The molecule has 1 heterocycles. The lowest BCUT2D eigenvalue weighted by molar-refractivity contribution is -0.145. The molecule has 1 saturated heterocycles. The number of rotatable bonds is 12. The summed E-state index contributed by atoms with van der Waals surface area (Å²) in [6.45, 7) is 22.2. The van der Waals surface area contributed by atoms with E-state index in [-0.39, 0.29) is 49.4 Å². The zero-order valence-electron chi connectivity index (χ0n) is 48.0. The number of carbonyl (C=O) groups excluding carboxylic acids is 11. The van der Waals surface area contributed by atoms with Crippen molar-refractivity contribution in [2.75, 3.05) is 55.9 Å². The van der Waals surface area contributed by atoms with Crippen LogP contribution < -0.4 is 21.3 Å². The van der Waals surface area contributed by atoms with E-state index in [0.717, 1.165) is 24.5 Å². The highest BCUT2D eigenvalue weighted by molar-refractivity contribution is 6.04. The number of nitrogens with zero attached hydrogens (tertiary/aromatic N) is 7. The van der Waals surface area contributed by atoms with Gasteiger partial charge in [0.05, 0.1) is 0 Å². The molecule has 0 aromatic rings. The Kier molecular flexibility index (Phi) is 26.5. The summed E-state index contributed by atoms with van der Waals surface area (Å²) >= 11 is 0. The van der Waals surface area contributed by atoms with Crippen LogP contribution in [0.15, 0.2) is 12.2 Å². The minimum atomic E-state index is -1.33. The second-order valence-corrected chi connectivity index (χ2v) is 22.0. The number of hydrogen-bond acceptors (Lipinski definition) is 11. The topological polar surface area (TPSA) is 259 Å². The Morgan fingerprint density at radius 2 is 0.959 bits per heavy atom. The Morgan fingerprint density at radius 3 is 1.45 bits per heavy atom. The first-order valence-electron chi connectivity index (χ1n) is 25.8. The van der Waals surface area contributed by atoms with E-state index in [1.807, 2.05) is 53.7 Å². The maximum Gasteiger partial charge on any atom is 0.326 e. The molecule has 0 radical (unpaired) electrons. The van der Waals surface area contributed by atoms with Gasteiger partial charge in [0.2, 0.25) is 35.4 Å². The lowest BCUT2D eigenvalue weighted by Crippen LogP contribution is -2.61. The van der Waals surface area contributed by atoms with Crippen LogP contribution in [0.4, 0.5) is 14.4 Å². The van der Waals surface area contributed by atoms with Gasteiger partial charge in [0.1, 0.15) is 48.8 Å². The Bertz CT molecular complexity index is 2040. The van der Waals surface area contributed by atoms with Crippen LogP contribution >= 0.6 is 0 Å². The molecule has 0 spiro atoms. The zero-order chi connectivity index (χ0) is 57.4. The first-order valence-corrected chi connectivity index (χ1v) is 25.8. The van der Waals surface area contributed by atoms with Crippen LogP contribution in [0.1, 0.15) is 122 Å². The molecule has 1 aliphatic rings. The summed E-state index contributed by atoms with van der Waals surface area (Å²) in [5.41, 5.74) is 0. The van der Waals surface area contributed by atoms with Gasteiger partial charge in [-0.2, -0.15) is 0 Å². The van der Waals surface area contributed by atoms with E-state index in [1.54, 1.807) is 41.5 Å². The third-order valence-electron chi connectivity index (χ3n) is 13.3. The average molecular weight is 1050 g/mol. The highest BCUT2D eigenvalue weighted by Gasteiger charge is 2.42. The third kappa shape index (κ3) is 18.7. The van der Waals surface area contributed by atoms with Gasteiger partial charge >= 0.3 is 18.1 Å². The normalized spacial score (nSPS) is 25.1. The molecule has 1 fully saturated rings. The van der Waals surface area contributed by atoms with Gasteiger partial charge < -0.3 is 40.0 Å². The third-order valence-corrected chi connectivity index (χ3v) is 13.3. The molecule has 1 aliphatic heterocycles. The second kappa shape index (κ2) is 29.7. The predicted octanol–water partition coefficient (Wildman–Crippen LogP) is 3.50. The summed E-state index contributed by atoms with van der Waals surface area (Å²) in [6.07, 6.45) is 4.70. The lowest BCUT2D eigenvalue weighted by atomic mass is 9.95. The van der Waals surface area contributed by atoms with Gasteiger partial charge in [0.25, 0.3) is 11.8 Å². The molecule has 0 aliphatic carbocycles. The summed E-state index contributed by atoms with van der Waals surface area (Å²) in [4.78, 5) is 163. The molecule has 0 saturated carbocycles. The van der Waals surface area contributed by atoms with E-state index in [1.165, 1.54) is 66.1 Å². The molecule has 74 heavy (non-hydrogen) atoms. The van der Waals surface area contributed by atoms with Crippen LogP contribution in [-0.4, -0.2) is 198 Å². The largest absolute Gasteiger partial charge is 0.343 e. The van der Waals surface area contributed by atoms with Crippen molar-refractivity contribution in [2.24, 2.45) is 35.5 Å². The molecule has 22 heteroatoms. The van der Waals surface area contributed by atoms with E-state index in [9.17, 15) is 52.7 Å². The maximum absolute atomic E-state index is 14.6. The van der Waals surface area contributed by atoms with Crippen LogP contribution in [-0.2, 0) is 38.4 Å². The second-order valence-electron chi connectivity index (χ2n) is 22.0. The molecular formula is C52H91N11O11. The lowest BCUT2D eigenvalue weighted by Gasteiger charge is -2.38. The van der Waals surface area contributed by atoms with Gasteiger partial charge in [-0.25, -0.2) is 14.4 Å². The number of hydrogen-bond donors (Lipinski definition) is 4. The van der Waals surface area contributed by atoms with Gasteiger partial charge in [0.15, 0.2) is 0 Å². The molecule has 420 valence electrons. The zero-order valence-corrected chi connectivity index (χ0v) is 48.0. The van der Waals surface area contributed by atoms with Gasteiger partial charge in [-0.1, -0.05) is 88.3 Å². The fourth-order valence-corrected chi connectivity index (χ4v) is 8.67. The number of imide groups is 3. The van der Waals surface area contributed by atoms with Crippen LogP contribution in [0.3, 0.4) is 0 Å². The van der Waals surface area contributed by atoms with Crippen molar-refractivity contribution in [3.63, 3.8) is 0 Å². The van der Waals surface area contributed by atoms with E-state index < -0.39 is 126 Å². The Balaban J connectivity index is 4.09. The fraction of sp³-hybridized carbons (Fsp3) is 0.750. The summed E-state index contributed by atoms with van der Waals surface area (Å²) in [7, 11) is 9.30. The Labute approximate surface area is 440 Å². The van der Waals surface area contributed by atoms with E-state index in [2.05, 4.69) is 21.3 Å². The van der Waals surface area contributed by atoms with Crippen molar-refractivity contribution in [2.45, 2.75) is 164 Å². The quantitative estimate of drug-likeness (QED) is 0.206. The van der Waals surface area contributed by atoms with Crippen LogP contribution in [0.25, 0.3) is 0 Å². The molecular weight excluding hydrogens is 955 g/mol. The molecule has 0 bridgehead atoms. The van der Waals surface area contributed by atoms with Crippen molar-refractivity contribution in [3.8, 4) is 0 Å². The molecule has 4 N–H and O–H groups in total. The summed E-state index contributed by atoms with van der Waals surface area (Å²) < 4.78 is 0. The summed E-state index contributed by atoms with van der Waals surface area (Å²) in [5.74, 6) is -7.75. The van der Waals surface area contributed by atoms with Gasteiger partial charge in [-0.15, -0.1) is 0 Å². The van der Waals surface area contributed by atoms with Crippen molar-refractivity contribution >= 4 is 65.4 Å². The van der Waals surface area contributed by atoms with E-state index in [0.29, 0.717) is 6.42 Å². The summed E-state index contributed by atoms with van der Waals surface area (Å²) in [6, 6.07) is -11.5. The number of nitrogens with one attached hydrogen (secondary N) is 4. The highest BCUT2D eigenvalue weighted by atomic mass is 16.2. The molecule has 1 rings (SSSR count). The smallest absolute Gasteiger partial charge is 0.326 e. The van der Waals surface area contributed by atoms with Gasteiger partial charge in [-0.05, 0) is 81.5 Å². The molecule has 0 aromatic carbocycles. The van der Waals surface area contributed by atoms with Crippen molar-refractivity contribution in [1.29, 1.82) is 0 Å². The number of likely N-dealkylation sites (N-methyl/N-ethyl adjacent to an activating group) is 7. The average Bonchev–Trinajstić information content (AvgIpc) is 3.31. The first-order chi connectivity index (χ1) is 34.1. The van der Waals surface area contributed by atoms with Crippen LogP contribution in [0.2, 0.25) is 0 Å². The van der Waals surface area contributed by atoms with Crippen molar-refractivity contribution in [3.05, 3.63) is 12.2 Å². The SMILES string of the molecule is C/C=C/C[C@@H](C)CC1C(=O)NC(=O)N(C)CC(=O)N(C)[C@@H](CC(C)C)C(=O)NC(C(C)C)C(=O)N(C)[C@H](CC(C)C)C(=O)N[C@H](C)C(=O)NC(=O)N(C)[C@H](CC(C)C)C(=O)N(C)C(=O)N(C)C(C(C)C)C(=O)N1C. The van der Waals surface area contributed by atoms with Gasteiger partial charge in [-0.3, -0.25) is 53.9 Å². The van der Waals surface area contributed by atoms with Crippen LogP contribution in [0, 0.1) is 35.5 Å². The fourth-order valence-electron chi connectivity index (χ4n) is 8.67. The van der Waals surface area contributed by atoms with Crippen LogP contribution in [0.5, 0.6) is 0 Å². The Hall–Kier alpha value is -6.09. The van der Waals surface area contributed by atoms with E-state index in [4.69, 9.17) is 0 Å². The Morgan fingerprint density at radius 1 is 0.500 bits per heavy atom. The predicted molar refractivity (Wildman–Crippen MR) is 281 cm³/mol. The number of amides is 14. The maximum atomic E-state index is 14.6. The minimum Gasteiger partial charge on any atom is -0.343 e. The molecule has 3 unspecified atom stereocenters. The molecule has 14 amide bonds. The van der Waals surface area contributed by atoms with Crippen molar-refractivity contribution in [1.82, 2.24) is 55.6 Å². The van der Waals surface area contributed by atoms with E-state index >= 15 is 0 Å². The number of allylic oxidation sites excluding steroid dienone is 2. The first kappa shape index (κ1) is 65.9. The molecule has 22 nitrogen and oxygen atoms in total.